The minimum absolute atomic E-state index is 0.907. The fraction of sp³-hybridized carbons (Fsp3) is 0.750. The predicted molar refractivity (Wildman–Crippen MR) is 63.9 cm³/mol. The smallest absolute Gasteiger partial charge is 0.406 e. The van der Waals surface area contributed by atoms with Gasteiger partial charge in [-0.2, -0.15) is 0 Å². The van der Waals surface area contributed by atoms with Crippen LogP contribution in [0.4, 0.5) is 9.59 Å². The van der Waals surface area contributed by atoms with E-state index in [1.54, 1.807) is 0 Å². The molecular formula is C8H24N4O4. The van der Waals surface area contributed by atoms with Crippen molar-refractivity contribution in [1.29, 1.82) is 0 Å². The molecule has 0 aliphatic heterocycles. The van der Waals surface area contributed by atoms with Crippen LogP contribution in [0, 0.1) is 0 Å². The van der Waals surface area contributed by atoms with Crippen LogP contribution in [0.25, 0.3) is 0 Å². The molecule has 2 amide bonds. The van der Waals surface area contributed by atoms with Crippen LogP contribution in [0.15, 0.2) is 0 Å². The van der Waals surface area contributed by atoms with E-state index in [1.165, 1.54) is 28.2 Å². The van der Waals surface area contributed by atoms with E-state index in [9.17, 15) is 9.59 Å². The van der Waals surface area contributed by atoms with Gasteiger partial charge in [0.25, 0.3) is 0 Å². The largest absolute Gasteiger partial charge is 0.465 e. The monoisotopic (exact) mass is 240 g/mol. The van der Waals surface area contributed by atoms with Gasteiger partial charge in [0.05, 0.1) is 0 Å². The highest BCUT2D eigenvalue weighted by molar-refractivity contribution is 5.64. The Bertz CT molecular complexity index is 153. The first kappa shape index (κ1) is 23.9. The second-order valence-corrected chi connectivity index (χ2v) is 2.23. The number of rotatable bonds is 0. The lowest BCUT2D eigenvalue weighted by atomic mass is 10.9. The van der Waals surface area contributed by atoms with Crippen molar-refractivity contribution in [3.63, 3.8) is 0 Å². The van der Waals surface area contributed by atoms with Crippen LogP contribution in [-0.4, -0.2) is 69.6 Å². The van der Waals surface area contributed by atoms with Crippen LogP contribution < -0.4 is 16.4 Å². The molecule has 0 fully saturated rings. The maximum absolute atomic E-state index is 9.62. The number of nitrogens with zero attached hydrogens (tertiary/aromatic N) is 1. The number of carbonyl (C=O) groups is 2. The fourth-order valence-corrected chi connectivity index (χ4v) is 0. The summed E-state index contributed by atoms with van der Waals surface area (Å²) in [5.74, 6) is 0. The number of carboxylic acid groups (broad SMARTS) is 2. The van der Waals surface area contributed by atoms with Crippen LogP contribution in [0.2, 0.25) is 0 Å². The van der Waals surface area contributed by atoms with Gasteiger partial charge in [0.2, 0.25) is 0 Å². The van der Waals surface area contributed by atoms with E-state index in [-0.39, 0.29) is 0 Å². The lowest BCUT2D eigenvalue weighted by molar-refractivity contribution is 0.165. The first-order valence-corrected chi connectivity index (χ1v) is 4.30. The highest BCUT2D eigenvalue weighted by atomic mass is 16.4. The number of hydrogen-bond donors (Lipinski definition) is 5. The zero-order valence-corrected chi connectivity index (χ0v) is 10.7. The SMILES string of the molecule is CN.CN(C)C(=O)O.CNC.CNC(=O)O. The molecule has 0 radical (unpaired) electrons. The lowest BCUT2D eigenvalue weighted by Gasteiger charge is -1.99. The average Bonchev–Trinajstić information content (AvgIpc) is 2.22. The molecule has 0 saturated heterocycles. The summed E-state index contributed by atoms with van der Waals surface area (Å²) in [6.45, 7) is 0. The summed E-state index contributed by atoms with van der Waals surface area (Å²) in [6.07, 6.45) is -1.90. The van der Waals surface area contributed by atoms with E-state index < -0.39 is 12.2 Å². The van der Waals surface area contributed by atoms with Crippen molar-refractivity contribution >= 4 is 12.2 Å². The van der Waals surface area contributed by atoms with Crippen LogP contribution in [0.5, 0.6) is 0 Å². The molecule has 0 heterocycles. The maximum Gasteiger partial charge on any atom is 0.406 e. The van der Waals surface area contributed by atoms with Crippen molar-refractivity contribution in [3.8, 4) is 0 Å². The third kappa shape index (κ3) is 82.3. The van der Waals surface area contributed by atoms with Crippen LogP contribution >= 0.6 is 0 Å². The van der Waals surface area contributed by atoms with Crippen molar-refractivity contribution in [1.82, 2.24) is 15.5 Å². The van der Waals surface area contributed by atoms with Crippen LogP contribution in [0.1, 0.15) is 0 Å². The van der Waals surface area contributed by atoms with Gasteiger partial charge in [0.15, 0.2) is 0 Å². The minimum atomic E-state index is -0.995. The minimum Gasteiger partial charge on any atom is -0.465 e. The Morgan fingerprint density at radius 3 is 1.19 bits per heavy atom. The number of nitrogens with two attached hydrogens (primary N) is 1. The van der Waals surface area contributed by atoms with Gasteiger partial charge in [-0.1, -0.05) is 0 Å². The van der Waals surface area contributed by atoms with Crippen molar-refractivity contribution in [2.75, 3.05) is 42.3 Å². The van der Waals surface area contributed by atoms with E-state index in [1.807, 2.05) is 19.4 Å². The Balaban J connectivity index is -0.0000000653. The summed E-state index contributed by atoms with van der Waals surface area (Å²) in [6, 6.07) is 0. The van der Waals surface area contributed by atoms with Gasteiger partial charge in [-0.3, -0.25) is 0 Å². The van der Waals surface area contributed by atoms with E-state index in [4.69, 9.17) is 10.2 Å². The molecule has 0 atom stereocenters. The highest BCUT2D eigenvalue weighted by Gasteiger charge is 1.91. The standard InChI is InChI=1S/C3H7NO2.C2H5NO2.C2H7N.CH5N/c1-4(2)3(5)6;1-3-2(4)5;1-3-2;1-2/h1-2H3,(H,5,6);3H,1H3,(H,4,5);3H,1-2H3;2H2,1H3. The fourth-order valence-electron chi connectivity index (χ4n) is 0. The van der Waals surface area contributed by atoms with E-state index >= 15 is 0 Å². The third-order valence-corrected chi connectivity index (χ3v) is 0.596. The van der Waals surface area contributed by atoms with Gasteiger partial charge in [-0.25, -0.2) is 9.59 Å². The molecule has 6 N–H and O–H groups in total. The van der Waals surface area contributed by atoms with Crippen molar-refractivity contribution in [2.24, 2.45) is 5.73 Å². The van der Waals surface area contributed by atoms with Gasteiger partial charge >= 0.3 is 12.2 Å². The van der Waals surface area contributed by atoms with Gasteiger partial charge in [-0.15, -0.1) is 0 Å². The molecule has 0 bridgehead atoms. The Kier molecular flexibility index (Phi) is 34.9. The van der Waals surface area contributed by atoms with E-state index in [0.717, 1.165) is 4.90 Å². The maximum atomic E-state index is 9.62. The quantitative estimate of drug-likeness (QED) is 0.389. The zero-order chi connectivity index (χ0) is 14.1. The van der Waals surface area contributed by atoms with Crippen LogP contribution in [-0.2, 0) is 0 Å². The van der Waals surface area contributed by atoms with Crippen molar-refractivity contribution in [3.05, 3.63) is 0 Å². The van der Waals surface area contributed by atoms with Gasteiger partial charge in [-0.05, 0) is 21.1 Å². The average molecular weight is 240 g/mol. The molecule has 100 valence electrons. The number of nitrogens with one attached hydrogen (secondary N) is 2. The molecule has 0 saturated carbocycles. The summed E-state index contributed by atoms with van der Waals surface area (Å²) in [4.78, 5) is 20.0. The summed E-state index contributed by atoms with van der Waals surface area (Å²) in [5, 5.41) is 20.2. The predicted octanol–water partition coefficient (Wildman–Crippen LogP) is -0.480. The topological polar surface area (TPSA) is 128 Å². The van der Waals surface area contributed by atoms with Gasteiger partial charge in [0, 0.05) is 21.1 Å². The first-order chi connectivity index (χ1) is 7.33. The molecule has 0 aromatic rings. The molecule has 0 aromatic carbocycles. The van der Waals surface area contributed by atoms with Crippen LogP contribution in [0.3, 0.4) is 0 Å². The Hall–Kier alpha value is -1.54. The third-order valence-electron chi connectivity index (χ3n) is 0.596. The molecule has 0 spiro atoms. The second-order valence-electron chi connectivity index (χ2n) is 2.23. The van der Waals surface area contributed by atoms with Crippen molar-refractivity contribution < 1.29 is 19.8 Å². The lowest BCUT2D eigenvalue weighted by Crippen LogP contribution is -2.18. The molecule has 16 heavy (non-hydrogen) atoms. The summed E-state index contributed by atoms with van der Waals surface area (Å²) < 4.78 is 0. The molecule has 8 nitrogen and oxygen atoms in total. The highest BCUT2D eigenvalue weighted by Crippen LogP contribution is 1.69. The van der Waals surface area contributed by atoms with Gasteiger partial charge in [0.1, 0.15) is 0 Å². The molecule has 8 heteroatoms. The Morgan fingerprint density at radius 2 is 1.19 bits per heavy atom. The summed E-state index contributed by atoms with van der Waals surface area (Å²) in [5.41, 5.74) is 4.50. The molecule has 0 unspecified atom stereocenters. The molecule has 0 rings (SSSR count). The summed E-state index contributed by atoms with van der Waals surface area (Å²) >= 11 is 0. The second kappa shape index (κ2) is 23.4. The summed E-state index contributed by atoms with van der Waals surface area (Å²) in [7, 11) is 9.55. The first-order valence-electron chi connectivity index (χ1n) is 4.30. The molecule has 0 aliphatic carbocycles. The number of hydrogen-bond acceptors (Lipinski definition) is 4. The number of amides is 2. The Morgan fingerprint density at radius 1 is 1.06 bits per heavy atom. The molecule has 0 aliphatic rings. The van der Waals surface area contributed by atoms with Gasteiger partial charge < -0.3 is 31.5 Å². The van der Waals surface area contributed by atoms with Crippen molar-refractivity contribution in [2.45, 2.75) is 0 Å². The van der Waals surface area contributed by atoms with E-state index in [0.29, 0.717) is 0 Å². The molecular weight excluding hydrogens is 216 g/mol. The zero-order valence-electron chi connectivity index (χ0n) is 10.7. The molecule has 0 aromatic heterocycles. The Labute approximate surface area is 96.4 Å². The van der Waals surface area contributed by atoms with E-state index in [2.05, 4.69) is 11.1 Å². The normalized spacial score (nSPS) is 6.44.